The van der Waals surface area contributed by atoms with Crippen molar-refractivity contribution in [2.45, 2.75) is 19.3 Å². The van der Waals surface area contributed by atoms with E-state index < -0.39 is 35.8 Å². The van der Waals surface area contributed by atoms with Gasteiger partial charge in [0.05, 0.1) is 0 Å². The van der Waals surface area contributed by atoms with Crippen molar-refractivity contribution in [3.63, 3.8) is 0 Å². The third kappa shape index (κ3) is 3.67. The summed E-state index contributed by atoms with van der Waals surface area (Å²) >= 11 is 0. The fraction of sp³-hybridized carbons (Fsp3) is 0.273. The van der Waals surface area contributed by atoms with Crippen LogP contribution in [0.5, 0.6) is 11.5 Å². The molecule has 1 atom stereocenters. The average Bonchev–Trinajstić information content (AvgIpc) is 2.28. The molecular weight excluding hydrogens is 226 g/mol. The van der Waals surface area contributed by atoms with Gasteiger partial charge in [-0.15, -0.1) is 0 Å². The smallest absolute Gasteiger partial charge is 0.326 e. The van der Waals surface area contributed by atoms with Crippen LogP contribution in [-0.4, -0.2) is 33.2 Å². The first-order chi connectivity index (χ1) is 8.66. The molecule has 0 saturated heterocycles. The van der Waals surface area contributed by atoms with Gasteiger partial charge in [0, 0.05) is 16.0 Å². The van der Waals surface area contributed by atoms with E-state index in [2.05, 4.69) is 0 Å². The molecule has 6 nitrogen and oxygen atoms in total. The van der Waals surface area contributed by atoms with Crippen LogP contribution in [0.1, 0.15) is 15.2 Å². The quantitative estimate of drug-likeness (QED) is 0.564. The maximum absolute atomic E-state index is 11.0. The standard InChI is InChI=1S/C11H13NO5/c1-6(13)12-8(11(16)17)4-7-2-3-9(14)10(15)5-7/h2-3,5,8,14-15H,4H2,1H3,(H,12,13)(H,16,17)/t8-/m1/s1/i4D2. The van der Waals surface area contributed by atoms with Crippen LogP contribution in [0.4, 0.5) is 0 Å². The minimum absolute atomic E-state index is 0.177. The van der Waals surface area contributed by atoms with Gasteiger partial charge in [0.2, 0.25) is 5.91 Å². The molecule has 17 heavy (non-hydrogen) atoms. The van der Waals surface area contributed by atoms with Crippen molar-refractivity contribution in [1.82, 2.24) is 5.32 Å². The van der Waals surface area contributed by atoms with E-state index in [1.54, 1.807) is 0 Å². The Balaban J connectivity index is 3.21. The Morgan fingerprint density at radius 2 is 2.06 bits per heavy atom. The lowest BCUT2D eigenvalue weighted by Gasteiger charge is -2.13. The van der Waals surface area contributed by atoms with Gasteiger partial charge < -0.3 is 20.6 Å². The van der Waals surface area contributed by atoms with E-state index in [1.165, 1.54) is 0 Å². The van der Waals surface area contributed by atoms with E-state index in [0.717, 1.165) is 25.1 Å². The number of amides is 1. The molecule has 92 valence electrons. The lowest BCUT2D eigenvalue weighted by molar-refractivity contribution is -0.141. The van der Waals surface area contributed by atoms with E-state index in [9.17, 15) is 14.7 Å². The van der Waals surface area contributed by atoms with Gasteiger partial charge in [-0.05, 0) is 17.7 Å². The molecule has 0 bridgehead atoms. The molecule has 0 spiro atoms. The highest BCUT2D eigenvalue weighted by atomic mass is 16.4. The number of hydrogen-bond donors (Lipinski definition) is 4. The zero-order valence-electron chi connectivity index (χ0n) is 11.0. The number of carbonyl (C=O) groups is 2. The normalized spacial score (nSPS) is 14.4. The molecule has 0 aliphatic carbocycles. The molecule has 0 aromatic heterocycles. The summed E-state index contributed by atoms with van der Waals surface area (Å²) in [5.74, 6) is -3.27. The molecule has 0 heterocycles. The third-order valence-electron chi connectivity index (χ3n) is 1.88. The number of hydrogen-bond acceptors (Lipinski definition) is 4. The van der Waals surface area contributed by atoms with Gasteiger partial charge in [-0.1, -0.05) is 6.07 Å². The van der Waals surface area contributed by atoms with Gasteiger partial charge >= 0.3 is 5.97 Å². The van der Waals surface area contributed by atoms with Crippen LogP contribution in [0.3, 0.4) is 0 Å². The van der Waals surface area contributed by atoms with Crippen molar-refractivity contribution < 1.29 is 27.7 Å². The molecule has 0 radical (unpaired) electrons. The molecule has 1 rings (SSSR count). The molecule has 1 amide bonds. The number of aliphatic carboxylic acids is 1. The SMILES string of the molecule is [2H]C([2H])(c1ccc(O)c(O)c1)[C@@H](NC(C)=O)C(=O)O. The Kier molecular flexibility index (Phi) is 3.04. The summed E-state index contributed by atoms with van der Waals surface area (Å²) in [6, 6.07) is 1.27. The number of phenolic OH excluding ortho intramolecular Hbond substituents is 2. The molecule has 0 saturated carbocycles. The fourth-order valence-electron chi connectivity index (χ4n) is 1.14. The minimum atomic E-state index is -2.46. The molecule has 1 aromatic rings. The van der Waals surface area contributed by atoms with Gasteiger partial charge in [-0.25, -0.2) is 4.79 Å². The monoisotopic (exact) mass is 241 g/mol. The van der Waals surface area contributed by atoms with E-state index in [0.29, 0.717) is 0 Å². The predicted octanol–water partition coefficient (Wildman–Crippen LogP) is 0.230. The lowest BCUT2D eigenvalue weighted by Crippen LogP contribution is -2.41. The van der Waals surface area contributed by atoms with Gasteiger partial charge in [0.15, 0.2) is 11.5 Å². The summed E-state index contributed by atoms with van der Waals surface area (Å²) in [6.07, 6.45) is -2.46. The zero-order chi connectivity index (χ0) is 14.8. The summed E-state index contributed by atoms with van der Waals surface area (Å²) in [5.41, 5.74) is -0.177. The van der Waals surface area contributed by atoms with Crippen LogP contribution in [0.25, 0.3) is 0 Å². The summed E-state index contributed by atoms with van der Waals surface area (Å²) < 4.78 is 15.6. The van der Waals surface area contributed by atoms with Gasteiger partial charge in [0.25, 0.3) is 0 Å². The highest BCUT2D eigenvalue weighted by Crippen LogP contribution is 2.25. The van der Waals surface area contributed by atoms with Crippen molar-refractivity contribution in [3.05, 3.63) is 23.8 Å². The Morgan fingerprint density at radius 1 is 1.41 bits per heavy atom. The molecule has 6 heteroatoms. The number of carbonyl (C=O) groups excluding carboxylic acids is 1. The molecule has 0 fully saturated rings. The number of aromatic hydroxyl groups is 2. The predicted molar refractivity (Wildman–Crippen MR) is 58.7 cm³/mol. The van der Waals surface area contributed by atoms with E-state index in [1.807, 2.05) is 5.32 Å². The van der Waals surface area contributed by atoms with Crippen molar-refractivity contribution >= 4 is 11.9 Å². The van der Waals surface area contributed by atoms with Crippen LogP contribution in [0.2, 0.25) is 0 Å². The number of rotatable bonds is 4. The fourth-order valence-corrected chi connectivity index (χ4v) is 1.14. The van der Waals surface area contributed by atoms with Crippen LogP contribution in [0.15, 0.2) is 18.2 Å². The summed E-state index contributed by atoms with van der Waals surface area (Å²) in [6.45, 7) is 1.07. The van der Waals surface area contributed by atoms with Crippen LogP contribution in [0, 0.1) is 0 Å². The second-order valence-corrected chi connectivity index (χ2v) is 3.32. The van der Waals surface area contributed by atoms with E-state index in [4.69, 9.17) is 13.0 Å². The Morgan fingerprint density at radius 3 is 2.53 bits per heavy atom. The van der Waals surface area contributed by atoms with Crippen molar-refractivity contribution in [2.75, 3.05) is 0 Å². The third-order valence-corrected chi connectivity index (χ3v) is 1.88. The van der Waals surface area contributed by atoms with Gasteiger partial charge in [-0.3, -0.25) is 4.79 Å². The van der Waals surface area contributed by atoms with Gasteiger partial charge in [-0.2, -0.15) is 0 Å². The summed E-state index contributed by atoms with van der Waals surface area (Å²) in [7, 11) is 0. The largest absolute Gasteiger partial charge is 0.504 e. The number of nitrogens with one attached hydrogen (secondary N) is 1. The maximum Gasteiger partial charge on any atom is 0.326 e. The number of benzene rings is 1. The highest BCUT2D eigenvalue weighted by Gasteiger charge is 2.19. The van der Waals surface area contributed by atoms with Crippen LogP contribution >= 0.6 is 0 Å². The first-order valence-corrected chi connectivity index (χ1v) is 4.68. The maximum atomic E-state index is 11.0. The summed E-state index contributed by atoms with van der Waals surface area (Å²) in [5, 5.41) is 29.4. The second-order valence-electron chi connectivity index (χ2n) is 3.32. The topological polar surface area (TPSA) is 107 Å². The zero-order valence-corrected chi connectivity index (χ0v) is 8.97. The molecule has 1 aromatic carbocycles. The molecular formula is C11H13NO5. The number of carboxylic acid groups (broad SMARTS) is 1. The van der Waals surface area contributed by atoms with Crippen LogP contribution < -0.4 is 5.32 Å². The Hall–Kier alpha value is -2.24. The summed E-state index contributed by atoms with van der Waals surface area (Å²) in [4.78, 5) is 22.0. The van der Waals surface area contributed by atoms with Crippen LogP contribution in [-0.2, 0) is 16.0 Å². The van der Waals surface area contributed by atoms with Gasteiger partial charge in [0.1, 0.15) is 6.04 Å². The lowest BCUT2D eigenvalue weighted by atomic mass is 10.1. The minimum Gasteiger partial charge on any atom is -0.504 e. The highest BCUT2D eigenvalue weighted by molar-refractivity contribution is 5.82. The number of phenols is 2. The number of carboxylic acids is 1. The van der Waals surface area contributed by atoms with Crippen molar-refractivity contribution in [1.29, 1.82) is 0 Å². The molecule has 0 unspecified atom stereocenters. The second kappa shape index (κ2) is 5.20. The Bertz CT molecular complexity index is 518. The molecule has 0 aliphatic heterocycles. The molecule has 0 aliphatic rings. The van der Waals surface area contributed by atoms with Crippen molar-refractivity contribution in [2.24, 2.45) is 0 Å². The first-order valence-electron chi connectivity index (χ1n) is 5.68. The van der Waals surface area contributed by atoms with E-state index >= 15 is 0 Å². The first kappa shape index (κ1) is 9.95. The average molecular weight is 241 g/mol. The molecule has 4 N–H and O–H groups in total. The Labute approximate surface area is 100 Å². The van der Waals surface area contributed by atoms with E-state index in [-0.39, 0.29) is 5.56 Å². The van der Waals surface area contributed by atoms with Crippen molar-refractivity contribution in [3.8, 4) is 11.5 Å².